The number of hydrogen-bond donors (Lipinski definition) is 0. The minimum absolute atomic E-state index is 0.338. The van der Waals surface area contributed by atoms with Gasteiger partial charge in [-0.1, -0.05) is 0 Å². The summed E-state index contributed by atoms with van der Waals surface area (Å²) in [7, 11) is 1.55. The molecule has 0 radical (unpaired) electrons. The molecule has 0 aliphatic carbocycles. The Hall–Kier alpha value is -3.95. The summed E-state index contributed by atoms with van der Waals surface area (Å²) in [6.45, 7) is 2.45. The van der Waals surface area contributed by atoms with Crippen LogP contribution in [0.25, 0.3) is 17.8 Å². The molecule has 10 heteroatoms. The fourth-order valence-corrected chi connectivity index (χ4v) is 3.94. The molecule has 33 heavy (non-hydrogen) atoms. The highest BCUT2D eigenvalue weighted by atomic mass is 19.2. The number of nitrogens with zero attached hydrogens (tertiary/aromatic N) is 6. The Labute approximate surface area is 187 Å². The molecule has 1 aliphatic rings. The number of imidazole rings is 1. The van der Waals surface area contributed by atoms with Gasteiger partial charge in [0, 0.05) is 18.7 Å². The number of hydrogen-bond acceptors (Lipinski definition) is 5. The summed E-state index contributed by atoms with van der Waals surface area (Å²) in [5.74, 6) is -2.80. The molecule has 4 heterocycles. The SMILES string of the molecule is COc1nc(/C=C/c2nc3n(n2)CC[C@H]3c2cc(F)c(F)c(F)c2)ccc1-n1cnc(C)c1. The zero-order chi connectivity index (χ0) is 23.1. The van der Waals surface area contributed by atoms with E-state index in [2.05, 4.69) is 20.1 Å². The van der Waals surface area contributed by atoms with E-state index in [1.165, 1.54) is 0 Å². The summed E-state index contributed by atoms with van der Waals surface area (Å²) in [5, 5.41) is 4.44. The van der Waals surface area contributed by atoms with Gasteiger partial charge in [0.15, 0.2) is 23.3 Å². The fraction of sp³-hybridized carbons (Fsp3) is 0.217. The van der Waals surface area contributed by atoms with Crippen molar-refractivity contribution in [2.75, 3.05) is 7.11 Å². The summed E-state index contributed by atoms with van der Waals surface area (Å²) in [6.07, 6.45) is 7.61. The van der Waals surface area contributed by atoms with Gasteiger partial charge in [0.1, 0.15) is 11.5 Å². The van der Waals surface area contributed by atoms with Crippen molar-refractivity contribution in [2.45, 2.75) is 25.8 Å². The smallest absolute Gasteiger partial charge is 0.238 e. The van der Waals surface area contributed by atoms with Crippen LogP contribution < -0.4 is 4.74 Å². The minimum atomic E-state index is -1.47. The lowest BCUT2D eigenvalue weighted by Crippen LogP contribution is -2.02. The molecule has 0 unspecified atom stereocenters. The zero-order valence-electron chi connectivity index (χ0n) is 17.8. The summed E-state index contributed by atoms with van der Waals surface area (Å²) >= 11 is 0. The maximum absolute atomic E-state index is 13.7. The van der Waals surface area contributed by atoms with E-state index < -0.39 is 17.5 Å². The maximum Gasteiger partial charge on any atom is 0.238 e. The van der Waals surface area contributed by atoms with Crippen LogP contribution in [-0.4, -0.2) is 36.4 Å². The lowest BCUT2D eigenvalue weighted by Gasteiger charge is -2.09. The molecule has 0 bridgehead atoms. The Balaban J connectivity index is 1.39. The van der Waals surface area contributed by atoms with Gasteiger partial charge in [-0.3, -0.25) is 0 Å². The third-order valence-electron chi connectivity index (χ3n) is 5.51. The molecule has 0 fully saturated rings. The standard InChI is InChI=1S/C23H19F3N6O/c1-13-11-31(12-27-13)19-5-3-15(28-23(19)33-2)4-6-20-29-22-16(7-8-32(22)30-20)14-9-17(24)21(26)18(25)10-14/h3-6,9-12,16H,7-8H2,1-2H3/b6-4+/t16-/m0/s1. The normalized spacial score (nSPS) is 15.4. The van der Waals surface area contributed by atoms with Gasteiger partial charge in [-0.05, 0) is 55.3 Å². The van der Waals surface area contributed by atoms with Crippen molar-refractivity contribution >= 4 is 12.2 Å². The quantitative estimate of drug-likeness (QED) is 0.423. The third-order valence-corrected chi connectivity index (χ3v) is 5.51. The number of aryl methyl sites for hydroxylation is 2. The molecule has 4 aromatic rings. The number of pyridine rings is 1. The molecular weight excluding hydrogens is 433 g/mol. The molecule has 0 saturated heterocycles. The Morgan fingerprint density at radius 1 is 1.09 bits per heavy atom. The van der Waals surface area contributed by atoms with Crippen molar-refractivity contribution in [1.82, 2.24) is 29.3 Å². The van der Waals surface area contributed by atoms with Gasteiger partial charge >= 0.3 is 0 Å². The Kier molecular flexibility index (Phi) is 5.20. The maximum atomic E-state index is 13.7. The van der Waals surface area contributed by atoms with E-state index in [1.807, 2.05) is 29.8 Å². The highest BCUT2D eigenvalue weighted by Crippen LogP contribution is 2.34. The van der Waals surface area contributed by atoms with Gasteiger partial charge in [0.2, 0.25) is 5.88 Å². The molecule has 0 amide bonds. The number of ether oxygens (including phenoxy) is 1. The van der Waals surface area contributed by atoms with E-state index >= 15 is 0 Å². The van der Waals surface area contributed by atoms with Gasteiger partial charge in [0.05, 0.1) is 24.8 Å². The number of aromatic nitrogens is 6. The van der Waals surface area contributed by atoms with E-state index in [0.29, 0.717) is 41.8 Å². The summed E-state index contributed by atoms with van der Waals surface area (Å²) in [5.41, 5.74) is 2.62. The van der Waals surface area contributed by atoms with Crippen LogP contribution in [0.3, 0.4) is 0 Å². The first kappa shape index (κ1) is 20.9. The van der Waals surface area contributed by atoms with Crippen LogP contribution >= 0.6 is 0 Å². The average molecular weight is 452 g/mol. The lowest BCUT2D eigenvalue weighted by molar-refractivity contribution is 0.395. The number of rotatable bonds is 5. The Bertz CT molecular complexity index is 1350. The summed E-state index contributed by atoms with van der Waals surface area (Å²) in [6, 6.07) is 5.74. The molecule has 168 valence electrons. The zero-order valence-corrected chi connectivity index (χ0v) is 17.8. The van der Waals surface area contributed by atoms with E-state index in [-0.39, 0.29) is 5.92 Å². The molecule has 3 aromatic heterocycles. The monoisotopic (exact) mass is 452 g/mol. The van der Waals surface area contributed by atoms with Crippen LogP contribution in [0.15, 0.2) is 36.8 Å². The molecule has 0 saturated carbocycles. The van der Waals surface area contributed by atoms with Gasteiger partial charge in [-0.15, -0.1) is 0 Å². The summed E-state index contributed by atoms with van der Waals surface area (Å²) < 4.78 is 49.7. The van der Waals surface area contributed by atoms with Crippen molar-refractivity contribution in [3.8, 4) is 11.6 Å². The Morgan fingerprint density at radius 3 is 2.58 bits per heavy atom. The molecule has 1 aromatic carbocycles. The van der Waals surface area contributed by atoms with Crippen LogP contribution in [0.5, 0.6) is 5.88 Å². The second-order valence-corrected chi connectivity index (χ2v) is 7.71. The molecule has 0 spiro atoms. The fourth-order valence-electron chi connectivity index (χ4n) is 3.94. The van der Waals surface area contributed by atoms with E-state index in [0.717, 1.165) is 23.5 Å². The second kappa shape index (κ2) is 8.19. The van der Waals surface area contributed by atoms with Crippen molar-refractivity contribution in [3.05, 3.63) is 82.8 Å². The minimum Gasteiger partial charge on any atom is -0.479 e. The predicted octanol–water partition coefficient (Wildman–Crippen LogP) is 4.30. The first-order valence-electron chi connectivity index (χ1n) is 10.3. The van der Waals surface area contributed by atoms with E-state index in [9.17, 15) is 13.2 Å². The Morgan fingerprint density at radius 2 is 1.88 bits per heavy atom. The highest BCUT2D eigenvalue weighted by Gasteiger charge is 2.29. The van der Waals surface area contributed by atoms with Crippen molar-refractivity contribution < 1.29 is 17.9 Å². The first-order chi connectivity index (χ1) is 15.9. The predicted molar refractivity (Wildman–Crippen MR) is 114 cm³/mol. The highest BCUT2D eigenvalue weighted by molar-refractivity contribution is 5.65. The third kappa shape index (κ3) is 3.88. The molecule has 7 nitrogen and oxygen atoms in total. The van der Waals surface area contributed by atoms with Crippen LogP contribution in [0.4, 0.5) is 13.2 Å². The van der Waals surface area contributed by atoms with Crippen molar-refractivity contribution in [3.63, 3.8) is 0 Å². The lowest BCUT2D eigenvalue weighted by atomic mass is 9.97. The van der Waals surface area contributed by atoms with Crippen LogP contribution in [0.2, 0.25) is 0 Å². The summed E-state index contributed by atoms with van der Waals surface area (Å²) in [4.78, 5) is 13.2. The second-order valence-electron chi connectivity index (χ2n) is 7.71. The average Bonchev–Trinajstić information content (AvgIpc) is 3.51. The number of halogens is 3. The van der Waals surface area contributed by atoms with Gasteiger partial charge in [-0.2, -0.15) is 5.10 Å². The number of methoxy groups -OCH3 is 1. The topological polar surface area (TPSA) is 70.7 Å². The van der Waals surface area contributed by atoms with Gasteiger partial charge in [0.25, 0.3) is 0 Å². The van der Waals surface area contributed by atoms with Crippen molar-refractivity contribution in [1.29, 1.82) is 0 Å². The van der Waals surface area contributed by atoms with Gasteiger partial charge in [-0.25, -0.2) is 32.8 Å². The molecule has 0 N–H and O–H groups in total. The van der Waals surface area contributed by atoms with Crippen LogP contribution in [0, 0.1) is 24.4 Å². The van der Waals surface area contributed by atoms with Crippen LogP contribution in [0.1, 0.15) is 40.9 Å². The van der Waals surface area contributed by atoms with Gasteiger partial charge < -0.3 is 9.30 Å². The molecular formula is C23H19F3N6O. The first-order valence-corrected chi connectivity index (χ1v) is 10.3. The van der Waals surface area contributed by atoms with E-state index in [1.54, 1.807) is 30.3 Å². The molecule has 1 aliphatic heterocycles. The van der Waals surface area contributed by atoms with Crippen LogP contribution in [-0.2, 0) is 6.54 Å². The van der Waals surface area contributed by atoms with Crippen molar-refractivity contribution in [2.24, 2.45) is 0 Å². The number of benzene rings is 1. The largest absolute Gasteiger partial charge is 0.479 e. The van der Waals surface area contributed by atoms with E-state index in [4.69, 9.17) is 4.74 Å². The number of fused-ring (bicyclic) bond motifs is 1. The molecule has 5 rings (SSSR count). The molecule has 1 atom stereocenters.